The molecule has 1 N–H and O–H groups in total. The second kappa shape index (κ2) is 8.83. The van der Waals surface area contributed by atoms with Gasteiger partial charge in [0.25, 0.3) is 5.91 Å². The van der Waals surface area contributed by atoms with Crippen molar-refractivity contribution < 1.29 is 14.3 Å². The number of hydrogen-bond acceptors (Lipinski definition) is 3. The zero-order valence-corrected chi connectivity index (χ0v) is 13.6. The van der Waals surface area contributed by atoms with Crippen LogP contribution in [0.25, 0.3) is 0 Å². The first kappa shape index (κ1) is 16.9. The fraction of sp³-hybridized carbons (Fsp3) is 0.316. The van der Waals surface area contributed by atoms with E-state index >= 15 is 0 Å². The van der Waals surface area contributed by atoms with Crippen molar-refractivity contribution in [3.05, 3.63) is 60.2 Å². The molecule has 23 heavy (non-hydrogen) atoms. The summed E-state index contributed by atoms with van der Waals surface area (Å²) in [7, 11) is 1.61. The first-order chi connectivity index (χ1) is 11.2. The SMILES string of the molecule is COc1ccc(OCC(=O)NC(C)CCc2ccccc2)cc1. The molecule has 2 aromatic carbocycles. The van der Waals surface area contributed by atoms with Gasteiger partial charge in [-0.3, -0.25) is 4.79 Å². The Morgan fingerprint density at radius 3 is 2.35 bits per heavy atom. The molecule has 0 aliphatic heterocycles. The Balaban J connectivity index is 1.69. The van der Waals surface area contributed by atoms with Gasteiger partial charge in [-0.1, -0.05) is 30.3 Å². The molecule has 0 heterocycles. The number of amides is 1. The fourth-order valence-electron chi connectivity index (χ4n) is 2.24. The van der Waals surface area contributed by atoms with E-state index < -0.39 is 0 Å². The van der Waals surface area contributed by atoms with Crippen molar-refractivity contribution in [3.8, 4) is 11.5 Å². The van der Waals surface area contributed by atoms with E-state index in [0.717, 1.165) is 18.6 Å². The van der Waals surface area contributed by atoms with Crippen molar-refractivity contribution in [2.24, 2.45) is 0 Å². The molecule has 0 bridgehead atoms. The lowest BCUT2D eigenvalue weighted by Gasteiger charge is -2.14. The van der Waals surface area contributed by atoms with E-state index in [4.69, 9.17) is 9.47 Å². The molecule has 0 aromatic heterocycles. The minimum Gasteiger partial charge on any atom is -0.497 e. The van der Waals surface area contributed by atoms with Crippen LogP contribution in [0, 0.1) is 0 Å². The molecule has 4 nitrogen and oxygen atoms in total. The van der Waals surface area contributed by atoms with Crippen LogP contribution in [0.15, 0.2) is 54.6 Å². The van der Waals surface area contributed by atoms with E-state index in [1.807, 2.05) is 25.1 Å². The van der Waals surface area contributed by atoms with Crippen molar-refractivity contribution in [3.63, 3.8) is 0 Å². The third-order valence-electron chi connectivity index (χ3n) is 3.55. The van der Waals surface area contributed by atoms with E-state index in [-0.39, 0.29) is 18.6 Å². The number of carbonyl (C=O) groups is 1. The summed E-state index contributed by atoms with van der Waals surface area (Å²) < 4.78 is 10.5. The predicted molar refractivity (Wildman–Crippen MR) is 90.9 cm³/mol. The first-order valence-corrected chi connectivity index (χ1v) is 7.77. The number of hydrogen-bond donors (Lipinski definition) is 1. The standard InChI is InChI=1S/C19H23NO3/c1-15(8-9-16-6-4-3-5-7-16)20-19(21)14-23-18-12-10-17(22-2)11-13-18/h3-7,10-13,15H,8-9,14H2,1-2H3,(H,20,21). The van der Waals surface area contributed by atoms with Gasteiger partial charge < -0.3 is 14.8 Å². The second-order valence-corrected chi connectivity index (χ2v) is 5.46. The number of rotatable bonds is 8. The summed E-state index contributed by atoms with van der Waals surface area (Å²) in [6.45, 7) is 2.02. The van der Waals surface area contributed by atoms with Gasteiger partial charge in [-0.05, 0) is 49.6 Å². The molecular formula is C19H23NO3. The Bertz CT molecular complexity index is 596. The Morgan fingerprint density at radius 1 is 1.04 bits per heavy atom. The maximum atomic E-state index is 11.9. The molecule has 1 amide bonds. The van der Waals surface area contributed by atoms with Crippen molar-refractivity contribution in [2.45, 2.75) is 25.8 Å². The molecule has 4 heteroatoms. The molecule has 1 unspecified atom stereocenters. The highest BCUT2D eigenvalue weighted by atomic mass is 16.5. The summed E-state index contributed by atoms with van der Waals surface area (Å²) in [6.07, 6.45) is 1.85. The number of methoxy groups -OCH3 is 1. The van der Waals surface area contributed by atoms with Crippen molar-refractivity contribution in [1.29, 1.82) is 0 Å². The number of ether oxygens (including phenoxy) is 2. The lowest BCUT2D eigenvalue weighted by Crippen LogP contribution is -2.36. The molecule has 2 aromatic rings. The monoisotopic (exact) mass is 313 g/mol. The zero-order chi connectivity index (χ0) is 16.5. The molecule has 1 atom stereocenters. The lowest BCUT2D eigenvalue weighted by atomic mass is 10.1. The maximum absolute atomic E-state index is 11.9. The minimum atomic E-state index is -0.110. The van der Waals surface area contributed by atoms with Crippen LogP contribution in [0.4, 0.5) is 0 Å². The first-order valence-electron chi connectivity index (χ1n) is 7.77. The van der Waals surface area contributed by atoms with Gasteiger partial charge in [-0.15, -0.1) is 0 Å². The summed E-state index contributed by atoms with van der Waals surface area (Å²) in [6, 6.07) is 17.5. The van der Waals surface area contributed by atoms with Gasteiger partial charge in [0.15, 0.2) is 6.61 Å². The smallest absolute Gasteiger partial charge is 0.258 e. The van der Waals surface area contributed by atoms with Crippen molar-refractivity contribution in [2.75, 3.05) is 13.7 Å². The van der Waals surface area contributed by atoms with Crippen LogP contribution in [-0.4, -0.2) is 25.7 Å². The van der Waals surface area contributed by atoms with Crippen LogP contribution < -0.4 is 14.8 Å². The van der Waals surface area contributed by atoms with Crippen LogP contribution >= 0.6 is 0 Å². The van der Waals surface area contributed by atoms with Gasteiger partial charge in [0.05, 0.1) is 7.11 Å². The van der Waals surface area contributed by atoms with E-state index in [1.165, 1.54) is 5.56 Å². The normalized spacial score (nSPS) is 11.6. The van der Waals surface area contributed by atoms with Gasteiger partial charge in [-0.25, -0.2) is 0 Å². The highest BCUT2D eigenvalue weighted by Gasteiger charge is 2.08. The quantitative estimate of drug-likeness (QED) is 0.814. The highest BCUT2D eigenvalue weighted by molar-refractivity contribution is 5.77. The minimum absolute atomic E-state index is 0.0159. The number of benzene rings is 2. The third-order valence-corrected chi connectivity index (χ3v) is 3.55. The van der Waals surface area contributed by atoms with Crippen LogP contribution in [0.3, 0.4) is 0 Å². The van der Waals surface area contributed by atoms with Crippen LogP contribution in [0.5, 0.6) is 11.5 Å². The summed E-state index contributed by atoms with van der Waals surface area (Å²) in [5.41, 5.74) is 1.28. The summed E-state index contributed by atoms with van der Waals surface area (Å²) in [5, 5.41) is 2.95. The Hall–Kier alpha value is -2.49. The average Bonchev–Trinajstić information content (AvgIpc) is 2.59. The molecular weight excluding hydrogens is 290 g/mol. The third kappa shape index (κ3) is 6.02. The zero-order valence-electron chi connectivity index (χ0n) is 13.6. The molecule has 0 aliphatic rings. The molecule has 0 aliphatic carbocycles. The van der Waals surface area contributed by atoms with E-state index in [0.29, 0.717) is 5.75 Å². The van der Waals surface area contributed by atoms with Gasteiger partial charge >= 0.3 is 0 Å². The van der Waals surface area contributed by atoms with Crippen LogP contribution in [-0.2, 0) is 11.2 Å². The topological polar surface area (TPSA) is 47.6 Å². The Labute approximate surface area is 137 Å². The van der Waals surface area contributed by atoms with Gasteiger partial charge in [0.1, 0.15) is 11.5 Å². The van der Waals surface area contributed by atoms with Crippen LogP contribution in [0.2, 0.25) is 0 Å². The highest BCUT2D eigenvalue weighted by Crippen LogP contribution is 2.16. The molecule has 0 saturated carbocycles. The molecule has 0 fully saturated rings. The molecule has 2 rings (SSSR count). The molecule has 0 saturated heterocycles. The number of nitrogens with one attached hydrogen (secondary N) is 1. The van der Waals surface area contributed by atoms with Crippen LogP contribution in [0.1, 0.15) is 18.9 Å². The van der Waals surface area contributed by atoms with Gasteiger partial charge in [0, 0.05) is 6.04 Å². The Kier molecular flexibility index (Phi) is 6.48. The summed E-state index contributed by atoms with van der Waals surface area (Å²) >= 11 is 0. The second-order valence-electron chi connectivity index (χ2n) is 5.46. The fourth-order valence-corrected chi connectivity index (χ4v) is 2.24. The van der Waals surface area contributed by atoms with Gasteiger partial charge in [0.2, 0.25) is 0 Å². The predicted octanol–water partition coefficient (Wildman–Crippen LogP) is 3.21. The van der Waals surface area contributed by atoms with E-state index in [1.54, 1.807) is 31.4 Å². The number of carbonyl (C=O) groups excluding carboxylic acids is 1. The van der Waals surface area contributed by atoms with Gasteiger partial charge in [-0.2, -0.15) is 0 Å². The van der Waals surface area contributed by atoms with E-state index in [9.17, 15) is 4.79 Å². The molecule has 0 radical (unpaired) electrons. The number of aryl methyl sites for hydroxylation is 1. The van der Waals surface area contributed by atoms with Crippen molar-refractivity contribution in [1.82, 2.24) is 5.32 Å². The summed E-state index contributed by atoms with van der Waals surface area (Å²) in [4.78, 5) is 11.9. The van der Waals surface area contributed by atoms with E-state index in [2.05, 4.69) is 17.4 Å². The molecule has 0 spiro atoms. The largest absolute Gasteiger partial charge is 0.497 e. The Morgan fingerprint density at radius 2 is 1.70 bits per heavy atom. The lowest BCUT2D eigenvalue weighted by molar-refractivity contribution is -0.123. The molecule has 122 valence electrons. The maximum Gasteiger partial charge on any atom is 0.258 e. The van der Waals surface area contributed by atoms with Crippen molar-refractivity contribution >= 4 is 5.91 Å². The summed E-state index contributed by atoms with van der Waals surface area (Å²) in [5.74, 6) is 1.30. The average molecular weight is 313 g/mol.